The molecular formula is C26H28N2O3S2. The minimum absolute atomic E-state index is 0.619. The number of benzene rings is 1. The number of pyridine rings is 1. The van der Waals surface area contributed by atoms with Gasteiger partial charge in [-0.25, -0.2) is 14.8 Å². The smallest absolute Gasteiger partial charge is 0.337 e. The minimum atomic E-state index is -1.11. The summed E-state index contributed by atoms with van der Waals surface area (Å²) in [6.45, 7) is 9.59. The highest BCUT2D eigenvalue weighted by Crippen LogP contribution is 2.46. The number of thiophene rings is 1. The first-order valence-corrected chi connectivity index (χ1v) is 13.0. The van der Waals surface area contributed by atoms with Gasteiger partial charge in [0, 0.05) is 27.1 Å². The molecule has 5 nitrogen and oxygen atoms in total. The van der Waals surface area contributed by atoms with E-state index in [9.17, 15) is 9.90 Å². The molecule has 1 aliphatic rings. The Morgan fingerprint density at radius 3 is 2.61 bits per heavy atom. The average molecular weight is 481 g/mol. The van der Waals surface area contributed by atoms with Crippen LogP contribution < -0.4 is 0 Å². The first kappa shape index (κ1) is 22.4. The molecule has 1 atom stereocenters. The summed E-state index contributed by atoms with van der Waals surface area (Å²) in [6.07, 6.45) is 3.30. The molecule has 3 heterocycles. The second-order valence-corrected chi connectivity index (χ2v) is 12.1. The highest BCUT2D eigenvalue weighted by molar-refractivity contribution is 7.19. The monoisotopic (exact) mass is 480 g/mol. The number of aliphatic carboxylic acids is 1. The zero-order valence-electron chi connectivity index (χ0n) is 19.6. The van der Waals surface area contributed by atoms with Crippen molar-refractivity contribution < 1.29 is 14.6 Å². The van der Waals surface area contributed by atoms with Crippen LogP contribution in [0.5, 0.6) is 0 Å². The lowest BCUT2D eigenvalue weighted by Crippen LogP contribution is -2.28. The maximum atomic E-state index is 12.5. The van der Waals surface area contributed by atoms with Crippen molar-refractivity contribution in [1.82, 2.24) is 9.97 Å². The second-order valence-electron chi connectivity index (χ2n) is 9.74. The van der Waals surface area contributed by atoms with Crippen LogP contribution in [0.2, 0.25) is 0 Å². The number of carboxylic acids is 1. The maximum absolute atomic E-state index is 12.5. The lowest BCUT2D eigenvalue weighted by molar-refractivity contribution is -0.160. The number of carbonyl (C=O) groups is 1. The Labute approximate surface area is 201 Å². The third-order valence-electron chi connectivity index (χ3n) is 6.07. The number of aryl methyl sites for hydroxylation is 4. The van der Waals surface area contributed by atoms with Crippen LogP contribution in [-0.2, 0) is 22.4 Å². The number of ether oxygens (including phenoxy) is 1. The summed E-state index contributed by atoms with van der Waals surface area (Å²) >= 11 is 3.43. The molecule has 0 saturated carbocycles. The van der Waals surface area contributed by atoms with Crippen molar-refractivity contribution in [2.45, 2.75) is 72.0 Å². The zero-order chi connectivity index (χ0) is 23.5. The number of hydrogen-bond acceptors (Lipinski definition) is 6. The van der Waals surface area contributed by atoms with Crippen molar-refractivity contribution >= 4 is 49.1 Å². The van der Waals surface area contributed by atoms with Gasteiger partial charge in [0.05, 0.1) is 20.8 Å². The van der Waals surface area contributed by atoms with Crippen molar-refractivity contribution in [2.24, 2.45) is 0 Å². The zero-order valence-corrected chi connectivity index (χ0v) is 21.2. The Morgan fingerprint density at radius 1 is 1.12 bits per heavy atom. The van der Waals surface area contributed by atoms with Gasteiger partial charge in [-0.2, -0.15) is 0 Å². The first-order chi connectivity index (χ1) is 15.6. The van der Waals surface area contributed by atoms with E-state index < -0.39 is 17.7 Å². The van der Waals surface area contributed by atoms with Crippen molar-refractivity contribution in [3.8, 4) is 11.1 Å². The van der Waals surface area contributed by atoms with Gasteiger partial charge in [-0.1, -0.05) is 6.07 Å². The van der Waals surface area contributed by atoms with E-state index >= 15 is 0 Å². The molecular weight excluding hydrogens is 452 g/mol. The van der Waals surface area contributed by atoms with Crippen LogP contribution in [0.1, 0.15) is 66.4 Å². The number of carboxylic acid groups (broad SMARTS) is 1. The molecule has 0 aliphatic heterocycles. The number of aromatic nitrogens is 2. The predicted octanol–water partition coefficient (Wildman–Crippen LogP) is 7.01. The van der Waals surface area contributed by atoms with E-state index in [2.05, 4.69) is 18.2 Å². The Bertz CT molecular complexity index is 1390. The molecule has 33 heavy (non-hydrogen) atoms. The predicted molar refractivity (Wildman–Crippen MR) is 136 cm³/mol. The number of rotatable bonds is 4. The lowest BCUT2D eigenvalue weighted by Gasteiger charge is -2.28. The fraction of sp³-hybridized carbons (Fsp3) is 0.423. The average Bonchev–Trinajstić information content (AvgIpc) is 3.28. The van der Waals surface area contributed by atoms with Gasteiger partial charge in [-0.05, 0) is 83.6 Å². The lowest BCUT2D eigenvalue weighted by atomic mass is 9.88. The SMILES string of the molecule is Cc1nc2cc(-c3c([C@H](OC(C)(C)C)C(=O)O)c(C)nc4sc5c(c34)CCCC5)ccc2s1. The minimum Gasteiger partial charge on any atom is -0.479 e. The van der Waals surface area contributed by atoms with E-state index in [1.54, 1.807) is 22.7 Å². The third kappa shape index (κ3) is 4.07. The first-order valence-electron chi connectivity index (χ1n) is 11.4. The highest BCUT2D eigenvalue weighted by atomic mass is 32.1. The van der Waals surface area contributed by atoms with Crippen molar-refractivity contribution in [1.29, 1.82) is 0 Å². The van der Waals surface area contributed by atoms with Crippen LogP contribution in [0.25, 0.3) is 31.6 Å². The molecule has 0 amide bonds. The molecule has 0 bridgehead atoms. The van der Waals surface area contributed by atoms with E-state index in [0.29, 0.717) is 11.3 Å². The normalized spacial score (nSPS) is 15.2. The number of thiazole rings is 1. The Morgan fingerprint density at radius 2 is 1.88 bits per heavy atom. The van der Waals surface area contributed by atoms with E-state index in [0.717, 1.165) is 55.8 Å². The summed E-state index contributed by atoms with van der Waals surface area (Å²) in [5.41, 5.74) is 4.95. The molecule has 1 N–H and O–H groups in total. The quantitative estimate of drug-likeness (QED) is 0.340. The van der Waals surface area contributed by atoms with E-state index in [-0.39, 0.29) is 0 Å². The molecule has 3 aromatic heterocycles. The molecule has 172 valence electrons. The fourth-order valence-corrected chi connectivity index (χ4v) is 6.95. The van der Waals surface area contributed by atoms with Gasteiger partial charge in [0.2, 0.25) is 0 Å². The summed E-state index contributed by atoms with van der Waals surface area (Å²) in [5.74, 6) is -0.995. The highest BCUT2D eigenvalue weighted by Gasteiger charge is 2.34. The van der Waals surface area contributed by atoms with Crippen LogP contribution in [0.15, 0.2) is 18.2 Å². The summed E-state index contributed by atoms with van der Waals surface area (Å²) in [4.78, 5) is 24.5. The molecule has 0 unspecified atom stereocenters. The number of nitrogens with zero attached hydrogens (tertiary/aromatic N) is 2. The molecule has 7 heteroatoms. The summed E-state index contributed by atoms with van der Waals surface area (Å²) in [6, 6.07) is 6.29. The van der Waals surface area contributed by atoms with Gasteiger partial charge in [0.25, 0.3) is 0 Å². The number of fused-ring (bicyclic) bond motifs is 4. The largest absolute Gasteiger partial charge is 0.479 e. The van der Waals surface area contributed by atoms with Crippen LogP contribution in [0, 0.1) is 13.8 Å². The summed E-state index contributed by atoms with van der Waals surface area (Å²) in [7, 11) is 0. The topological polar surface area (TPSA) is 72.3 Å². The molecule has 4 aromatic rings. The Kier molecular flexibility index (Phi) is 5.54. The van der Waals surface area contributed by atoms with Crippen LogP contribution >= 0.6 is 22.7 Å². The van der Waals surface area contributed by atoms with Gasteiger partial charge in [0.1, 0.15) is 4.83 Å². The third-order valence-corrected chi connectivity index (χ3v) is 8.21. The van der Waals surface area contributed by atoms with E-state index in [4.69, 9.17) is 14.7 Å². The standard InChI is InChI=1S/C26H28N2O3S2/c1-13-20(23(25(29)30)31-26(3,4)5)21(15-10-11-19-17(12-15)28-14(2)32-19)22-16-8-6-7-9-18(16)33-24(22)27-13/h10-12,23H,6-9H2,1-5H3,(H,29,30)/t23-/m0/s1. The van der Waals surface area contributed by atoms with Crippen LogP contribution in [0.3, 0.4) is 0 Å². The van der Waals surface area contributed by atoms with Crippen LogP contribution in [0.4, 0.5) is 0 Å². The van der Waals surface area contributed by atoms with Crippen molar-refractivity contribution in [3.63, 3.8) is 0 Å². The van der Waals surface area contributed by atoms with Gasteiger partial charge in [-0.15, -0.1) is 22.7 Å². The Balaban J connectivity index is 1.87. The molecule has 0 spiro atoms. The fourth-order valence-electron chi connectivity index (χ4n) is 4.82. The molecule has 1 aromatic carbocycles. The van der Waals surface area contributed by atoms with Gasteiger partial charge in [0.15, 0.2) is 6.10 Å². The molecule has 0 radical (unpaired) electrons. The van der Waals surface area contributed by atoms with E-state index in [1.807, 2.05) is 34.6 Å². The molecule has 5 rings (SSSR count). The summed E-state index contributed by atoms with van der Waals surface area (Å²) < 4.78 is 7.27. The summed E-state index contributed by atoms with van der Waals surface area (Å²) in [5, 5.41) is 12.4. The number of hydrogen-bond donors (Lipinski definition) is 1. The van der Waals surface area contributed by atoms with E-state index in [1.165, 1.54) is 16.9 Å². The molecule has 0 fully saturated rings. The van der Waals surface area contributed by atoms with Gasteiger partial charge >= 0.3 is 5.97 Å². The molecule has 0 saturated heterocycles. The maximum Gasteiger partial charge on any atom is 0.337 e. The Hall–Kier alpha value is -2.35. The van der Waals surface area contributed by atoms with Crippen molar-refractivity contribution in [3.05, 3.63) is 44.9 Å². The second kappa shape index (κ2) is 8.15. The van der Waals surface area contributed by atoms with Gasteiger partial charge in [-0.3, -0.25) is 0 Å². The molecule has 1 aliphatic carbocycles. The van der Waals surface area contributed by atoms with Crippen molar-refractivity contribution in [2.75, 3.05) is 0 Å². The van der Waals surface area contributed by atoms with Gasteiger partial charge < -0.3 is 9.84 Å². The van der Waals surface area contributed by atoms with Crippen LogP contribution in [-0.4, -0.2) is 26.6 Å².